The molecule has 1 aromatic heterocycles. The molecule has 0 unspecified atom stereocenters. The highest BCUT2D eigenvalue weighted by Crippen LogP contribution is 2.53. The molecule has 1 fully saturated rings. The molecule has 5 aromatic carbocycles. The van der Waals surface area contributed by atoms with Crippen LogP contribution >= 0.6 is 21.6 Å². The van der Waals surface area contributed by atoms with Crippen LogP contribution in [0.5, 0.6) is 28.7 Å². The van der Waals surface area contributed by atoms with E-state index in [-0.39, 0.29) is 42.6 Å². The highest BCUT2D eigenvalue weighted by atomic mass is 33.1. The van der Waals surface area contributed by atoms with Gasteiger partial charge in [0.1, 0.15) is 18.3 Å². The summed E-state index contributed by atoms with van der Waals surface area (Å²) in [6, 6.07) is 27.3. The second kappa shape index (κ2) is 22.0. The number of ketones is 1. The fraction of sp³-hybridized carbons (Fsp3) is 0.407. The lowest BCUT2D eigenvalue weighted by molar-refractivity contribution is -0.125. The molecule has 0 saturated heterocycles. The van der Waals surface area contributed by atoms with Crippen LogP contribution in [0.3, 0.4) is 0 Å². The van der Waals surface area contributed by atoms with Gasteiger partial charge in [-0.15, -0.1) is 0 Å². The molecule has 72 heavy (non-hydrogen) atoms. The molecule has 3 aliphatic rings. The highest BCUT2D eigenvalue weighted by molar-refractivity contribution is 8.76. The van der Waals surface area contributed by atoms with E-state index in [0.717, 1.165) is 88.2 Å². The van der Waals surface area contributed by atoms with Gasteiger partial charge in [-0.2, -0.15) is 0 Å². The smallest absolute Gasteiger partial charge is 0.167 e. The Hall–Kier alpha value is -5.41. The van der Waals surface area contributed by atoms with E-state index in [4.69, 9.17) is 9.47 Å². The van der Waals surface area contributed by atoms with Gasteiger partial charge in [0.25, 0.3) is 0 Å². The molecule has 0 amide bonds. The molecule has 2 heterocycles. The van der Waals surface area contributed by atoms with Crippen molar-refractivity contribution >= 4 is 38.1 Å². The van der Waals surface area contributed by atoms with Crippen LogP contribution in [-0.2, 0) is 47.9 Å². The second-order valence-corrected chi connectivity index (χ2v) is 22.9. The zero-order valence-corrected chi connectivity index (χ0v) is 43.4. The standard InChI is InChI=1S/C59H69N3O8S2/c1-5-38-13-14-39-11-7-8-12-46(39)47(38)30-48-40(15-17-49(64)55(48)69-4)26-42(25-37-20-24-61-33-37)51(66)31-53(67)58(43-27-44(29-45(63)28-43)59(60-3)21-9-6-10-22-59)23-19-52-54-41(32-58)16-18-50(65)56(54)70-36-62-34-57(2,68)35-71-72-52/h7-8,11-20,23-24,27-29,33,42,51-52,60-66,68H,5-6,9-10,21-22,25-26,30-32,34-36H2,1-4H3/t42-,51+,52-,57-,58-/m0/s1. The Labute approximate surface area is 431 Å². The number of fused-ring (bicyclic) bond motifs is 1. The number of Topliss-reactive ketones (excluding diaryl/α,β-unsaturated/α-hetero) is 1. The number of ether oxygens (including phenoxy) is 2. The van der Waals surface area contributed by atoms with Crippen LogP contribution in [0.25, 0.3) is 10.8 Å². The van der Waals surface area contributed by atoms with Crippen molar-refractivity contribution in [1.82, 2.24) is 15.6 Å². The lowest BCUT2D eigenvalue weighted by atomic mass is 9.68. The molecular weight excluding hydrogens is 943 g/mol. The number of carbonyl (C=O) groups excluding carboxylic acids is 1. The minimum absolute atomic E-state index is 0.0306. The number of hydrogen-bond donors (Lipinski definition) is 8. The summed E-state index contributed by atoms with van der Waals surface area (Å²) >= 11 is 0. The highest BCUT2D eigenvalue weighted by Gasteiger charge is 2.45. The van der Waals surface area contributed by atoms with Crippen molar-refractivity contribution in [3.8, 4) is 28.7 Å². The molecule has 0 radical (unpaired) electrons. The summed E-state index contributed by atoms with van der Waals surface area (Å²) in [5, 5.41) is 67.2. The molecule has 1 aliphatic heterocycles. The van der Waals surface area contributed by atoms with E-state index >= 15 is 4.79 Å². The second-order valence-electron chi connectivity index (χ2n) is 20.4. The predicted octanol–water partition coefficient (Wildman–Crippen LogP) is 10.4. The zero-order chi connectivity index (χ0) is 50.6. The first-order valence-electron chi connectivity index (χ1n) is 25.4. The van der Waals surface area contributed by atoms with Crippen molar-refractivity contribution in [1.29, 1.82) is 0 Å². The summed E-state index contributed by atoms with van der Waals surface area (Å²) < 4.78 is 12.3. The van der Waals surface area contributed by atoms with Gasteiger partial charge in [-0.1, -0.05) is 115 Å². The lowest BCUT2D eigenvalue weighted by Gasteiger charge is -2.39. The van der Waals surface area contributed by atoms with E-state index in [0.29, 0.717) is 48.6 Å². The van der Waals surface area contributed by atoms with Crippen molar-refractivity contribution < 1.29 is 39.8 Å². The number of hydrogen-bond acceptors (Lipinski definition) is 12. The maximum atomic E-state index is 16.1. The number of allylic oxidation sites excluding steroid dienone is 1. The van der Waals surface area contributed by atoms with Crippen LogP contribution in [0.1, 0.15) is 108 Å². The molecule has 380 valence electrons. The molecule has 11 nitrogen and oxygen atoms in total. The largest absolute Gasteiger partial charge is 0.508 e. The number of aromatic hydroxyl groups is 3. The minimum atomic E-state index is -1.39. The number of aliphatic hydroxyl groups is 2. The molecule has 13 heteroatoms. The quantitative estimate of drug-likeness (QED) is 0.0362. The molecule has 2 aliphatic carbocycles. The topological polar surface area (TPSA) is 177 Å². The van der Waals surface area contributed by atoms with Crippen LogP contribution in [0.2, 0.25) is 0 Å². The Morgan fingerprint density at radius 2 is 1.71 bits per heavy atom. The number of β-amino-alcohol motifs (C(OH)–C–C–N with tert-alkyl or cyclic N) is 1. The lowest BCUT2D eigenvalue weighted by Crippen LogP contribution is -2.43. The SMILES string of the molecule is CCc1ccc2ccccc2c1Cc1c(C[C@H](Cc2cc[nH]c2)[C@H](O)CC(=O)[C@@]2(c3cc(O)cc(C4(NC)CCCCC4)c3)C=C[C@@H]3SSC[C@@](C)(O)CNCOc4c(O)ccc(c43)C2)ccc(O)c1OC. The van der Waals surface area contributed by atoms with Crippen molar-refractivity contribution in [2.24, 2.45) is 5.92 Å². The zero-order valence-electron chi connectivity index (χ0n) is 41.8. The monoisotopic (exact) mass is 1010 g/mol. The van der Waals surface area contributed by atoms with E-state index in [1.165, 1.54) is 27.2 Å². The maximum absolute atomic E-state index is 16.1. The molecule has 9 rings (SSSR count). The Balaban J connectivity index is 1.15. The molecule has 0 bridgehead atoms. The third kappa shape index (κ3) is 10.7. The first-order chi connectivity index (χ1) is 34.8. The number of aromatic nitrogens is 1. The van der Waals surface area contributed by atoms with E-state index < -0.39 is 33.8 Å². The molecule has 8 N–H and O–H groups in total. The van der Waals surface area contributed by atoms with Crippen molar-refractivity contribution in [3.63, 3.8) is 0 Å². The van der Waals surface area contributed by atoms with Crippen molar-refractivity contribution in [2.45, 2.75) is 112 Å². The van der Waals surface area contributed by atoms with Gasteiger partial charge in [0.15, 0.2) is 23.0 Å². The molecule has 6 aromatic rings. The number of H-pyrrole nitrogens is 1. The Morgan fingerprint density at radius 1 is 0.931 bits per heavy atom. The number of benzene rings is 5. The van der Waals surface area contributed by atoms with E-state index in [2.05, 4.69) is 52.9 Å². The third-order valence-electron chi connectivity index (χ3n) is 15.6. The van der Waals surface area contributed by atoms with Crippen LogP contribution in [0.4, 0.5) is 0 Å². The Kier molecular flexibility index (Phi) is 15.7. The molecular formula is C59H69N3O8S2. The van der Waals surface area contributed by atoms with Gasteiger partial charge in [-0.05, 0) is 138 Å². The molecule has 5 atom stereocenters. The van der Waals surface area contributed by atoms with E-state index in [9.17, 15) is 25.5 Å². The predicted molar refractivity (Wildman–Crippen MR) is 290 cm³/mol. The summed E-state index contributed by atoms with van der Waals surface area (Å²) in [6.45, 7) is 4.26. The number of phenols is 3. The molecule has 1 saturated carbocycles. The third-order valence-corrected chi connectivity index (χ3v) is 18.5. The number of carbonyl (C=O) groups is 1. The average Bonchev–Trinajstić information content (AvgIpc) is 3.83. The van der Waals surface area contributed by atoms with Crippen molar-refractivity contribution in [3.05, 3.63) is 160 Å². The first kappa shape index (κ1) is 51.5. The van der Waals surface area contributed by atoms with Crippen LogP contribution in [-0.4, -0.2) is 81.2 Å². The van der Waals surface area contributed by atoms with Gasteiger partial charge in [0.2, 0.25) is 0 Å². The van der Waals surface area contributed by atoms with Gasteiger partial charge in [0.05, 0.1) is 29.5 Å². The normalized spacial score (nSPS) is 21.9. The van der Waals surface area contributed by atoms with Crippen LogP contribution in [0, 0.1) is 5.92 Å². The number of aromatic amines is 1. The van der Waals surface area contributed by atoms with E-state index in [1.54, 1.807) is 32.2 Å². The van der Waals surface area contributed by atoms with Gasteiger partial charge in [0, 0.05) is 54.2 Å². The van der Waals surface area contributed by atoms with Crippen LogP contribution < -0.4 is 20.1 Å². The Morgan fingerprint density at radius 3 is 2.47 bits per heavy atom. The number of methoxy groups -OCH3 is 1. The van der Waals surface area contributed by atoms with Crippen molar-refractivity contribution in [2.75, 3.05) is 33.2 Å². The first-order valence-corrected chi connectivity index (χ1v) is 27.8. The average molecular weight is 1010 g/mol. The summed E-state index contributed by atoms with van der Waals surface area (Å²) in [5.74, 6) is 0.472. The number of phenolic OH excluding ortho intramolecular Hbond substituents is 3. The number of nitrogens with one attached hydrogen (secondary N) is 3. The van der Waals surface area contributed by atoms with Crippen LogP contribution in [0.15, 0.2) is 109 Å². The summed E-state index contributed by atoms with van der Waals surface area (Å²) in [4.78, 5) is 19.3. The van der Waals surface area contributed by atoms with Gasteiger partial charge < -0.3 is 45.3 Å². The van der Waals surface area contributed by atoms with Gasteiger partial charge in [-0.25, -0.2) is 0 Å². The number of rotatable bonds is 15. The van der Waals surface area contributed by atoms with Gasteiger partial charge in [-0.3, -0.25) is 10.1 Å². The summed E-state index contributed by atoms with van der Waals surface area (Å²) in [5.41, 5.74) is 5.27. The number of aliphatic hydroxyl groups excluding tert-OH is 1. The fourth-order valence-electron chi connectivity index (χ4n) is 11.6. The fourth-order valence-corrected chi connectivity index (χ4v) is 14.6. The van der Waals surface area contributed by atoms with E-state index in [1.807, 2.05) is 68.0 Å². The maximum Gasteiger partial charge on any atom is 0.167 e. The minimum Gasteiger partial charge on any atom is -0.508 e. The number of aryl methyl sites for hydroxylation is 1. The Bertz CT molecular complexity index is 2910. The summed E-state index contributed by atoms with van der Waals surface area (Å²) in [6.07, 6.45) is 13.6. The van der Waals surface area contributed by atoms with Gasteiger partial charge >= 0.3 is 0 Å². The molecule has 0 spiro atoms. The summed E-state index contributed by atoms with van der Waals surface area (Å²) in [7, 11) is 6.58.